The van der Waals surface area contributed by atoms with Crippen LogP contribution in [0, 0.1) is 0 Å². The van der Waals surface area contributed by atoms with E-state index >= 15 is 0 Å². The van der Waals surface area contributed by atoms with E-state index in [4.69, 9.17) is 5.73 Å². The van der Waals surface area contributed by atoms with Gasteiger partial charge in [0.15, 0.2) is 0 Å². The van der Waals surface area contributed by atoms with Crippen LogP contribution in [0.2, 0.25) is 0 Å². The fraction of sp³-hybridized carbons (Fsp3) is 0.562. The highest BCUT2D eigenvalue weighted by Gasteiger charge is 2.19. The summed E-state index contributed by atoms with van der Waals surface area (Å²) in [5.41, 5.74) is 7.70. The summed E-state index contributed by atoms with van der Waals surface area (Å²) in [5.74, 6) is 0.105. The van der Waals surface area contributed by atoms with Gasteiger partial charge in [0.1, 0.15) is 0 Å². The number of nitrogens with two attached hydrogens (primary N) is 1. The Morgan fingerprint density at radius 2 is 2.05 bits per heavy atom. The van der Waals surface area contributed by atoms with Gasteiger partial charge in [-0.2, -0.15) is 0 Å². The van der Waals surface area contributed by atoms with Crippen LogP contribution < -0.4 is 16.0 Å². The average Bonchev–Trinajstić information content (AvgIpc) is 2.91. The molecule has 0 heterocycles. The number of hydrogen-bond donors (Lipinski definition) is 2. The molecule has 0 unspecified atom stereocenters. The molecule has 0 aliphatic heterocycles. The fourth-order valence-electron chi connectivity index (χ4n) is 2.85. The number of nitrogen functional groups attached to an aromatic ring is 1. The highest BCUT2D eigenvalue weighted by Crippen LogP contribution is 2.23. The third-order valence-electron chi connectivity index (χ3n) is 3.83. The maximum atomic E-state index is 12.2. The summed E-state index contributed by atoms with van der Waals surface area (Å²) in [7, 11) is 0. The number of carbonyl (C=O) groups is 1. The third kappa shape index (κ3) is 3.89. The molecule has 1 aromatic carbocycles. The molecule has 4 nitrogen and oxygen atoms in total. The Balaban J connectivity index is 1.98. The highest BCUT2D eigenvalue weighted by molar-refractivity contribution is 5.83. The van der Waals surface area contributed by atoms with Gasteiger partial charge in [-0.25, -0.2) is 0 Å². The van der Waals surface area contributed by atoms with E-state index in [1.54, 1.807) is 0 Å². The lowest BCUT2D eigenvalue weighted by Gasteiger charge is -2.26. The quantitative estimate of drug-likeness (QED) is 0.784. The maximum Gasteiger partial charge on any atom is 0.239 e. The fourth-order valence-corrected chi connectivity index (χ4v) is 2.85. The van der Waals surface area contributed by atoms with Gasteiger partial charge in [0.25, 0.3) is 0 Å². The normalized spacial score (nSPS) is 15.2. The van der Waals surface area contributed by atoms with Crippen molar-refractivity contribution in [1.29, 1.82) is 0 Å². The first kappa shape index (κ1) is 14.7. The number of nitrogens with zero attached hydrogens (tertiary/aromatic N) is 1. The Morgan fingerprint density at radius 1 is 1.35 bits per heavy atom. The summed E-state index contributed by atoms with van der Waals surface area (Å²) < 4.78 is 0. The Bertz CT molecular complexity index is 441. The zero-order valence-corrected chi connectivity index (χ0v) is 12.3. The summed E-state index contributed by atoms with van der Waals surface area (Å²) >= 11 is 0. The number of anilines is 2. The van der Waals surface area contributed by atoms with Gasteiger partial charge in [0, 0.05) is 12.6 Å². The van der Waals surface area contributed by atoms with Crippen LogP contribution in [0.5, 0.6) is 0 Å². The molecule has 0 spiro atoms. The summed E-state index contributed by atoms with van der Waals surface area (Å²) in [4.78, 5) is 14.2. The van der Waals surface area contributed by atoms with Crippen molar-refractivity contribution in [1.82, 2.24) is 5.32 Å². The molecule has 110 valence electrons. The van der Waals surface area contributed by atoms with Gasteiger partial charge in [0.2, 0.25) is 5.91 Å². The SMILES string of the molecule is CCCN(CC(=O)NC1CCCC1)c1ccccc1N. The van der Waals surface area contributed by atoms with Gasteiger partial charge < -0.3 is 16.0 Å². The van der Waals surface area contributed by atoms with Crippen molar-refractivity contribution in [3.05, 3.63) is 24.3 Å². The monoisotopic (exact) mass is 275 g/mol. The van der Waals surface area contributed by atoms with Gasteiger partial charge in [-0.3, -0.25) is 4.79 Å². The van der Waals surface area contributed by atoms with Gasteiger partial charge in [-0.05, 0) is 31.4 Å². The molecule has 4 heteroatoms. The first-order valence-corrected chi connectivity index (χ1v) is 7.59. The minimum absolute atomic E-state index is 0.105. The van der Waals surface area contributed by atoms with E-state index in [1.165, 1.54) is 12.8 Å². The first-order chi connectivity index (χ1) is 9.70. The van der Waals surface area contributed by atoms with E-state index in [-0.39, 0.29) is 5.91 Å². The lowest BCUT2D eigenvalue weighted by molar-refractivity contribution is -0.120. The van der Waals surface area contributed by atoms with Gasteiger partial charge in [0.05, 0.1) is 17.9 Å². The Morgan fingerprint density at radius 3 is 2.70 bits per heavy atom. The van der Waals surface area contributed by atoms with Crippen LogP contribution in [-0.4, -0.2) is 25.0 Å². The second-order valence-corrected chi connectivity index (χ2v) is 5.53. The minimum Gasteiger partial charge on any atom is -0.397 e. The summed E-state index contributed by atoms with van der Waals surface area (Å²) in [6, 6.07) is 8.12. The third-order valence-corrected chi connectivity index (χ3v) is 3.83. The molecule has 1 aliphatic carbocycles. The van der Waals surface area contributed by atoms with Crippen molar-refractivity contribution in [2.75, 3.05) is 23.7 Å². The molecule has 0 radical (unpaired) electrons. The largest absolute Gasteiger partial charge is 0.397 e. The molecule has 0 aromatic heterocycles. The first-order valence-electron chi connectivity index (χ1n) is 7.59. The predicted octanol–water partition coefficient (Wildman–Crippen LogP) is 2.54. The van der Waals surface area contributed by atoms with Crippen LogP contribution in [0.3, 0.4) is 0 Å². The number of carbonyl (C=O) groups excluding carboxylic acids is 1. The van der Waals surface area contributed by atoms with Crippen molar-refractivity contribution in [3.8, 4) is 0 Å². The Hall–Kier alpha value is -1.71. The zero-order valence-electron chi connectivity index (χ0n) is 12.3. The second kappa shape index (κ2) is 7.17. The zero-order chi connectivity index (χ0) is 14.4. The molecule has 1 aliphatic rings. The van der Waals surface area contributed by atoms with Crippen molar-refractivity contribution in [2.24, 2.45) is 0 Å². The van der Waals surface area contributed by atoms with Crippen molar-refractivity contribution in [3.63, 3.8) is 0 Å². The second-order valence-electron chi connectivity index (χ2n) is 5.53. The predicted molar refractivity (Wildman–Crippen MR) is 83.8 cm³/mol. The van der Waals surface area contributed by atoms with Gasteiger partial charge in [-0.1, -0.05) is 31.9 Å². The molecule has 1 amide bonds. The van der Waals surface area contributed by atoms with Crippen LogP contribution in [0.1, 0.15) is 39.0 Å². The molecule has 1 aromatic rings. The Labute approximate surface area is 121 Å². The highest BCUT2D eigenvalue weighted by atomic mass is 16.2. The van der Waals surface area contributed by atoms with E-state index < -0.39 is 0 Å². The molecule has 0 atom stereocenters. The Kier molecular flexibility index (Phi) is 5.27. The summed E-state index contributed by atoms with van der Waals surface area (Å²) in [6.45, 7) is 3.34. The molecule has 1 saturated carbocycles. The van der Waals surface area contributed by atoms with Crippen LogP contribution in [0.15, 0.2) is 24.3 Å². The standard InChI is InChI=1S/C16H25N3O/c1-2-11-19(15-10-6-5-9-14(15)17)12-16(20)18-13-7-3-4-8-13/h5-6,9-10,13H,2-4,7-8,11-12,17H2,1H3,(H,18,20). The average molecular weight is 275 g/mol. The number of amides is 1. The molecule has 20 heavy (non-hydrogen) atoms. The molecule has 3 N–H and O–H groups in total. The number of rotatable bonds is 6. The van der Waals surface area contributed by atoms with Crippen molar-refractivity contribution < 1.29 is 4.79 Å². The minimum atomic E-state index is 0.105. The molecular formula is C16H25N3O. The lowest BCUT2D eigenvalue weighted by atomic mass is 10.2. The van der Waals surface area contributed by atoms with E-state index in [0.717, 1.165) is 37.2 Å². The summed E-state index contributed by atoms with van der Waals surface area (Å²) in [6.07, 6.45) is 5.69. The van der Waals surface area contributed by atoms with Crippen LogP contribution >= 0.6 is 0 Å². The summed E-state index contributed by atoms with van der Waals surface area (Å²) in [5, 5.41) is 3.14. The number of hydrogen-bond acceptors (Lipinski definition) is 3. The smallest absolute Gasteiger partial charge is 0.239 e. The van der Waals surface area contributed by atoms with E-state index in [1.807, 2.05) is 24.3 Å². The number of benzene rings is 1. The molecule has 2 rings (SSSR count). The van der Waals surface area contributed by atoms with Crippen molar-refractivity contribution in [2.45, 2.75) is 45.1 Å². The molecule has 0 saturated heterocycles. The van der Waals surface area contributed by atoms with Gasteiger partial charge in [-0.15, -0.1) is 0 Å². The van der Waals surface area contributed by atoms with E-state index in [9.17, 15) is 4.79 Å². The lowest BCUT2D eigenvalue weighted by Crippen LogP contribution is -2.41. The number of nitrogens with one attached hydrogen (secondary N) is 1. The maximum absolute atomic E-state index is 12.2. The van der Waals surface area contributed by atoms with Crippen LogP contribution in [0.4, 0.5) is 11.4 Å². The van der Waals surface area contributed by atoms with E-state index in [2.05, 4.69) is 17.1 Å². The number of para-hydroxylation sites is 2. The van der Waals surface area contributed by atoms with Crippen LogP contribution in [-0.2, 0) is 4.79 Å². The molecule has 0 bridgehead atoms. The molecular weight excluding hydrogens is 250 g/mol. The van der Waals surface area contributed by atoms with E-state index in [0.29, 0.717) is 12.6 Å². The van der Waals surface area contributed by atoms with Crippen LogP contribution in [0.25, 0.3) is 0 Å². The van der Waals surface area contributed by atoms with Crippen molar-refractivity contribution >= 4 is 17.3 Å². The molecule has 1 fully saturated rings. The topological polar surface area (TPSA) is 58.4 Å². The van der Waals surface area contributed by atoms with Gasteiger partial charge >= 0.3 is 0 Å².